The highest BCUT2D eigenvalue weighted by molar-refractivity contribution is 6.32. The number of ether oxygens (including phenoxy) is 1. The van der Waals surface area contributed by atoms with Crippen LogP contribution in [0.15, 0.2) is 54.6 Å². The number of anilines is 1. The highest BCUT2D eigenvalue weighted by atomic mass is 35.5. The topological polar surface area (TPSA) is 71.2 Å². The maximum Gasteiger partial charge on any atom is 0.279 e. The van der Waals surface area contributed by atoms with Crippen LogP contribution >= 0.6 is 23.2 Å². The smallest absolute Gasteiger partial charge is 0.279 e. The van der Waals surface area contributed by atoms with Gasteiger partial charge in [-0.15, -0.1) is 0 Å². The van der Waals surface area contributed by atoms with Crippen molar-refractivity contribution >= 4 is 34.8 Å². The van der Waals surface area contributed by atoms with E-state index >= 15 is 0 Å². The first-order chi connectivity index (χ1) is 17.3. The van der Waals surface area contributed by atoms with Crippen LogP contribution in [0.2, 0.25) is 10.0 Å². The lowest BCUT2D eigenvalue weighted by Crippen LogP contribution is -2.33. The van der Waals surface area contributed by atoms with E-state index in [1.807, 2.05) is 36.4 Å². The molecule has 0 saturated carbocycles. The molecule has 3 aromatic carbocycles. The molecule has 178 valence electrons. The van der Waals surface area contributed by atoms with Gasteiger partial charge in [0.25, 0.3) is 5.91 Å². The molecule has 0 radical (unpaired) electrons. The predicted octanol–water partition coefficient (Wildman–Crippen LogP) is 7.05. The fourth-order valence-electron chi connectivity index (χ4n) is 5.35. The second-order valence-corrected chi connectivity index (χ2v) is 10.0. The Kier molecular flexibility index (Phi) is 5.11. The van der Waals surface area contributed by atoms with Gasteiger partial charge in [-0.1, -0.05) is 35.3 Å². The van der Waals surface area contributed by atoms with Gasteiger partial charge < -0.3 is 9.30 Å². The first kappa shape index (κ1) is 22.7. The lowest BCUT2D eigenvalue weighted by atomic mass is 9.88. The summed E-state index contributed by atoms with van der Waals surface area (Å²) in [5.41, 5.74) is 5.86. The number of halogens is 2. The molecule has 3 heterocycles. The minimum absolute atomic E-state index is 0.0315. The van der Waals surface area contributed by atoms with Gasteiger partial charge in [-0.25, -0.2) is 4.98 Å². The van der Waals surface area contributed by atoms with Crippen LogP contribution in [-0.2, 0) is 0 Å². The molecule has 1 atom stereocenters. The van der Waals surface area contributed by atoms with Crippen molar-refractivity contribution in [3.8, 4) is 34.3 Å². The number of nitriles is 1. The lowest BCUT2D eigenvalue weighted by molar-refractivity contribution is 0.0989. The van der Waals surface area contributed by atoms with Crippen LogP contribution in [0.4, 0.5) is 5.69 Å². The van der Waals surface area contributed by atoms with Gasteiger partial charge in [0.15, 0.2) is 5.69 Å². The van der Waals surface area contributed by atoms with Crippen LogP contribution in [-0.4, -0.2) is 22.6 Å². The highest BCUT2D eigenvalue weighted by Crippen LogP contribution is 2.54. The zero-order valence-corrected chi connectivity index (χ0v) is 21.2. The maximum atomic E-state index is 14.0. The third-order valence-electron chi connectivity index (χ3n) is 6.79. The maximum absolute atomic E-state index is 14.0. The van der Waals surface area contributed by atoms with Crippen molar-refractivity contribution in [1.29, 1.82) is 5.26 Å². The Morgan fingerprint density at radius 2 is 1.75 bits per heavy atom. The van der Waals surface area contributed by atoms with Crippen molar-refractivity contribution in [2.45, 2.75) is 25.9 Å². The van der Waals surface area contributed by atoms with Gasteiger partial charge in [-0.05, 0) is 67.4 Å². The molecule has 1 aromatic heterocycles. The summed E-state index contributed by atoms with van der Waals surface area (Å²) < 4.78 is 7.68. The number of carbonyl (C=O) groups is 1. The van der Waals surface area contributed by atoms with Gasteiger partial charge in [-0.3, -0.25) is 9.69 Å². The Hall–Kier alpha value is -3.79. The van der Waals surface area contributed by atoms with E-state index < -0.39 is 6.04 Å². The Bertz CT molecular complexity index is 1630. The number of rotatable bonds is 3. The third-order valence-corrected chi connectivity index (χ3v) is 7.26. The molecule has 2 aliphatic heterocycles. The van der Waals surface area contributed by atoms with E-state index in [9.17, 15) is 10.1 Å². The summed E-state index contributed by atoms with van der Waals surface area (Å²) >= 11 is 12.8. The standard InChI is InChI=1S/C28H20Cl2N4O2/c1-14(2)33-26-24(32-27(33)21-10-15(13-31)4-9-23(21)36-3)28(35)34-22-12-17(30)5-7-18(22)20-11-16(29)6-8-19(20)25(26)34/h4-12,14,25H,1-3H3. The number of hydrogen-bond donors (Lipinski definition) is 0. The number of fused-ring (bicyclic) bond motifs is 8. The minimum Gasteiger partial charge on any atom is -0.496 e. The summed E-state index contributed by atoms with van der Waals surface area (Å²) in [4.78, 5) is 20.6. The first-order valence-corrected chi connectivity index (χ1v) is 12.2. The van der Waals surface area contributed by atoms with Crippen molar-refractivity contribution in [2.24, 2.45) is 0 Å². The molecule has 8 heteroatoms. The molecule has 0 bridgehead atoms. The van der Waals surface area contributed by atoms with E-state index in [1.54, 1.807) is 30.2 Å². The Morgan fingerprint density at radius 3 is 2.47 bits per heavy atom. The Labute approximate surface area is 218 Å². The molecule has 0 saturated heterocycles. The molecular weight excluding hydrogens is 495 g/mol. The third kappa shape index (κ3) is 3.10. The molecule has 0 aliphatic carbocycles. The summed E-state index contributed by atoms with van der Waals surface area (Å²) in [6.07, 6.45) is 0. The average Bonchev–Trinajstić information content (AvgIpc) is 3.39. The number of methoxy groups -OCH3 is 1. The highest BCUT2D eigenvalue weighted by Gasteiger charge is 2.48. The monoisotopic (exact) mass is 514 g/mol. The van der Waals surface area contributed by atoms with Crippen LogP contribution in [0, 0.1) is 11.3 Å². The van der Waals surface area contributed by atoms with Crippen LogP contribution in [0.25, 0.3) is 22.5 Å². The second-order valence-electron chi connectivity index (χ2n) is 9.13. The summed E-state index contributed by atoms with van der Waals surface area (Å²) in [6, 6.07) is 18.3. The molecule has 6 rings (SSSR count). The largest absolute Gasteiger partial charge is 0.496 e. The summed E-state index contributed by atoms with van der Waals surface area (Å²) in [7, 11) is 1.58. The molecule has 1 amide bonds. The van der Waals surface area contributed by atoms with E-state index in [0.29, 0.717) is 38.4 Å². The zero-order valence-electron chi connectivity index (χ0n) is 19.7. The number of benzene rings is 3. The van der Waals surface area contributed by atoms with Crippen molar-refractivity contribution in [3.63, 3.8) is 0 Å². The fourth-order valence-corrected chi connectivity index (χ4v) is 5.69. The van der Waals surface area contributed by atoms with Crippen LogP contribution in [0.3, 0.4) is 0 Å². The van der Waals surface area contributed by atoms with E-state index in [-0.39, 0.29) is 11.9 Å². The number of nitrogens with zero attached hydrogens (tertiary/aromatic N) is 4. The summed E-state index contributed by atoms with van der Waals surface area (Å²) in [5, 5.41) is 10.7. The fraction of sp³-hybridized carbons (Fsp3) is 0.179. The van der Waals surface area contributed by atoms with Crippen molar-refractivity contribution in [1.82, 2.24) is 9.55 Å². The number of amides is 1. The minimum atomic E-state index is -0.403. The van der Waals surface area contributed by atoms with E-state index in [1.165, 1.54) is 0 Å². The SMILES string of the molecule is COc1ccc(C#N)cc1-c1nc2c(n1C(C)C)C1c3ccc(Cl)cc3-c3ccc(Cl)cc3N1C2=O. The van der Waals surface area contributed by atoms with Gasteiger partial charge >= 0.3 is 0 Å². The zero-order chi connectivity index (χ0) is 25.3. The van der Waals surface area contributed by atoms with E-state index in [2.05, 4.69) is 24.5 Å². The van der Waals surface area contributed by atoms with Crippen LogP contribution in [0.5, 0.6) is 5.75 Å². The molecule has 6 nitrogen and oxygen atoms in total. The number of aromatic nitrogens is 2. The predicted molar refractivity (Wildman–Crippen MR) is 140 cm³/mol. The van der Waals surface area contributed by atoms with Crippen molar-refractivity contribution in [3.05, 3.63) is 87.2 Å². The number of hydrogen-bond acceptors (Lipinski definition) is 4. The van der Waals surface area contributed by atoms with Gasteiger partial charge in [0.2, 0.25) is 0 Å². The van der Waals surface area contributed by atoms with Crippen LogP contribution < -0.4 is 9.64 Å². The van der Waals surface area contributed by atoms with Gasteiger partial charge in [0.1, 0.15) is 17.6 Å². The Morgan fingerprint density at radius 1 is 1.00 bits per heavy atom. The van der Waals surface area contributed by atoms with Crippen molar-refractivity contribution in [2.75, 3.05) is 12.0 Å². The number of carbonyl (C=O) groups excluding carboxylic acids is 1. The quantitative estimate of drug-likeness (QED) is 0.293. The molecule has 4 aromatic rings. The van der Waals surface area contributed by atoms with E-state index in [0.717, 1.165) is 28.1 Å². The first-order valence-electron chi connectivity index (χ1n) is 11.5. The molecule has 0 spiro atoms. The second kappa shape index (κ2) is 8.12. The van der Waals surface area contributed by atoms with E-state index in [4.69, 9.17) is 32.9 Å². The molecule has 0 N–H and O–H groups in total. The normalized spacial score (nSPS) is 15.3. The molecule has 1 unspecified atom stereocenters. The average molecular weight is 515 g/mol. The number of imidazole rings is 1. The lowest BCUT2D eigenvalue weighted by Gasteiger charge is -2.35. The molecule has 36 heavy (non-hydrogen) atoms. The van der Waals surface area contributed by atoms with Gasteiger partial charge in [0.05, 0.1) is 35.7 Å². The molecular formula is C28H20Cl2N4O2. The van der Waals surface area contributed by atoms with Crippen molar-refractivity contribution < 1.29 is 9.53 Å². The van der Waals surface area contributed by atoms with Gasteiger partial charge in [0, 0.05) is 21.7 Å². The molecule has 2 aliphatic rings. The summed E-state index contributed by atoms with van der Waals surface area (Å²) in [6.45, 7) is 4.10. The Balaban J connectivity index is 1.67. The van der Waals surface area contributed by atoms with Crippen LogP contribution in [0.1, 0.15) is 53.2 Å². The summed E-state index contributed by atoms with van der Waals surface area (Å²) in [5.74, 6) is 0.969. The molecule has 0 fully saturated rings. The van der Waals surface area contributed by atoms with Gasteiger partial charge in [-0.2, -0.15) is 5.26 Å².